The molecule has 1 aliphatic rings. The van der Waals surface area contributed by atoms with Crippen molar-refractivity contribution in [2.24, 2.45) is 0 Å². The van der Waals surface area contributed by atoms with Crippen LogP contribution in [0.4, 0.5) is 11.4 Å². The van der Waals surface area contributed by atoms with Crippen LogP contribution in [0.1, 0.15) is 26.4 Å². The minimum atomic E-state index is -0.394. The summed E-state index contributed by atoms with van der Waals surface area (Å²) in [7, 11) is 1.50. The van der Waals surface area contributed by atoms with E-state index in [0.29, 0.717) is 23.5 Å². The Morgan fingerprint density at radius 1 is 0.939 bits per heavy atom. The zero-order chi connectivity index (χ0) is 22.8. The number of fused-ring (bicyclic) bond motifs is 1. The molecule has 1 aromatic heterocycles. The second kappa shape index (κ2) is 8.63. The number of anilines is 2. The molecule has 0 aliphatic carbocycles. The lowest BCUT2D eigenvalue weighted by Gasteiger charge is -2.17. The predicted octanol–water partition coefficient (Wildman–Crippen LogP) is 4.34. The van der Waals surface area contributed by atoms with Crippen molar-refractivity contribution < 1.29 is 14.3 Å². The fraction of sp³-hybridized carbons (Fsp3) is 0.115. The molecule has 0 fully saturated rings. The maximum Gasteiger partial charge on any atom is 0.280 e. The number of ether oxygens (including phenoxy) is 1. The van der Waals surface area contributed by atoms with Gasteiger partial charge in [-0.25, -0.2) is 4.68 Å². The van der Waals surface area contributed by atoms with Gasteiger partial charge in [0, 0.05) is 23.5 Å². The summed E-state index contributed by atoms with van der Waals surface area (Å²) in [6.07, 6.45) is 2.52. The van der Waals surface area contributed by atoms with Crippen LogP contribution in [0.15, 0.2) is 85.1 Å². The average molecular weight is 438 g/mol. The lowest BCUT2D eigenvalue weighted by molar-refractivity contribution is 0.0987. The first kappa shape index (κ1) is 20.5. The third kappa shape index (κ3) is 3.96. The largest absolute Gasteiger partial charge is 0.493 e. The van der Waals surface area contributed by atoms with Gasteiger partial charge in [0.05, 0.1) is 19.0 Å². The van der Waals surface area contributed by atoms with Gasteiger partial charge in [-0.1, -0.05) is 36.4 Å². The van der Waals surface area contributed by atoms with Gasteiger partial charge in [-0.05, 0) is 54.4 Å². The summed E-state index contributed by atoms with van der Waals surface area (Å²) >= 11 is 0. The third-order valence-corrected chi connectivity index (χ3v) is 5.66. The number of benzene rings is 3. The Morgan fingerprint density at radius 2 is 1.67 bits per heavy atom. The van der Waals surface area contributed by atoms with Gasteiger partial charge in [0.1, 0.15) is 0 Å². The lowest BCUT2D eigenvalue weighted by Crippen LogP contribution is -2.28. The van der Waals surface area contributed by atoms with E-state index in [1.54, 1.807) is 40.0 Å². The lowest BCUT2D eigenvalue weighted by atomic mass is 10.1. The SMILES string of the molecule is COc1cn(-c2ccccc2)nc1C(=O)Nc1ccc(C(=O)N2CCc3ccccc32)cc1. The number of para-hydroxylation sites is 2. The van der Waals surface area contributed by atoms with Crippen molar-refractivity contribution in [2.75, 3.05) is 23.9 Å². The van der Waals surface area contributed by atoms with Gasteiger partial charge >= 0.3 is 0 Å². The van der Waals surface area contributed by atoms with Gasteiger partial charge in [0.25, 0.3) is 11.8 Å². The molecule has 1 aliphatic heterocycles. The van der Waals surface area contributed by atoms with Crippen LogP contribution in [-0.2, 0) is 6.42 Å². The number of carbonyl (C=O) groups is 2. The normalized spacial score (nSPS) is 12.3. The van der Waals surface area contributed by atoms with Crippen molar-refractivity contribution in [3.8, 4) is 11.4 Å². The van der Waals surface area contributed by atoms with E-state index in [1.165, 1.54) is 12.7 Å². The van der Waals surface area contributed by atoms with E-state index in [4.69, 9.17) is 4.74 Å². The average Bonchev–Trinajstić information content (AvgIpc) is 3.49. The van der Waals surface area contributed by atoms with Crippen molar-refractivity contribution in [2.45, 2.75) is 6.42 Å². The Balaban J connectivity index is 1.31. The van der Waals surface area contributed by atoms with Crippen LogP contribution in [-0.4, -0.2) is 35.2 Å². The first-order valence-electron chi connectivity index (χ1n) is 10.6. The summed E-state index contributed by atoms with van der Waals surface area (Å²) < 4.78 is 6.95. The van der Waals surface area contributed by atoms with Gasteiger partial charge in [-0.3, -0.25) is 9.59 Å². The van der Waals surface area contributed by atoms with Gasteiger partial charge in [0.15, 0.2) is 11.4 Å². The smallest absolute Gasteiger partial charge is 0.280 e. The molecule has 7 heteroatoms. The monoisotopic (exact) mass is 438 g/mol. The highest BCUT2D eigenvalue weighted by atomic mass is 16.5. The maximum atomic E-state index is 13.0. The van der Waals surface area contributed by atoms with Crippen molar-refractivity contribution in [1.82, 2.24) is 9.78 Å². The summed E-state index contributed by atoms with van der Waals surface area (Å²) in [6.45, 7) is 0.667. The molecule has 33 heavy (non-hydrogen) atoms. The van der Waals surface area contributed by atoms with E-state index >= 15 is 0 Å². The van der Waals surface area contributed by atoms with E-state index in [2.05, 4.69) is 16.5 Å². The predicted molar refractivity (Wildman–Crippen MR) is 126 cm³/mol. The van der Waals surface area contributed by atoms with Crippen molar-refractivity contribution >= 4 is 23.2 Å². The molecule has 5 rings (SSSR count). The van der Waals surface area contributed by atoms with Crippen LogP contribution in [0.3, 0.4) is 0 Å². The zero-order valence-electron chi connectivity index (χ0n) is 18.1. The first-order chi connectivity index (χ1) is 16.1. The summed E-state index contributed by atoms with van der Waals surface area (Å²) in [5.74, 6) is -0.0778. The molecule has 2 heterocycles. The Labute approximate surface area is 191 Å². The maximum absolute atomic E-state index is 13.0. The molecule has 7 nitrogen and oxygen atoms in total. The van der Waals surface area contributed by atoms with E-state index in [1.807, 2.05) is 48.5 Å². The number of rotatable bonds is 5. The molecule has 0 atom stereocenters. The van der Waals surface area contributed by atoms with Gasteiger partial charge in [0.2, 0.25) is 0 Å². The molecule has 1 N–H and O–H groups in total. The highest BCUT2D eigenvalue weighted by molar-refractivity contribution is 6.08. The first-order valence-corrected chi connectivity index (χ1v) is 10.6. The molecule has 0 spiro atoms. The number of methoxy groups -OCH3 is 1. The second-order valence-corrected chi connectivity index (χ2v) is 7.69. The minimum Gasteiger partial charge on any atom is -0.493 e. The molecule has 3 aromatic carbocycles. The molecular weight excluding hydrogens is 416 g/mol. The quantitative estimate of drug-likeness (QED) is 0.503. The van der Waals surface area contributed by atoms with E-state index in [0.717, 1.165) is 17.8 Å². The summed E-state index contributed by atoms with van der Waals surface area (Å²) in [5.41, 5.74) is 4.27. The fourth-order valence-electron chi connectivity index (χ4n) is 3.97. The van der Waals surface area contributed by atoms with Crippen LogP contribution in [0.25, 0.3) is 5.69 Å². The Bertz CT molecular complexity index is 1310. The number of hydrogen-bond acceptors (Lipinski definition) is 4. The topological polar surface area (TPSA) is 76.5 Å². The summed E-state index contributed by atoms with van der Waals surface area (Å²) in [4.78, 5) is 27.7. The van der Waals surface area contributed by atoms with Crippen LogP contribution in [0.5, 0.6) is 5.75 Å². The molecular formula is C26H22N4O3. The molecule has 0 radical (unpaired) electrons. The third-order valence-electron chi connectivity index (χ3n) is 5.66. The Morgan fingerprint density at radius 3 is 2.42 bits per heavy atom. The van der Waals surface area contributed by atoms with Crippen molar-refractivity contribution in [3.05, 3.63) is 102 Å². The summed E-state index contributed by atoms with van der Waals surface area (Å²) in [5, 5.41) is 7.22. The highest BCUT2D eigenvalue weighted by Gasteiger charge is 2.25. The molecule has 2 amide bonds. The van der Waals surface area contributed by atoms with Crippen LogP contribution < -0.4 is 15.0 Å². The van der Waals surface area contributed by atoms with E-state index in [-0.39, 0.29) is 11.6 Å². The van der Waals surface area contributed by atoms with Crippen molar-refractivity contribution in [3.63, 3.8) is 0 Å². The number of carbonyl (C=O) groups excluding carboxylic acids is 2. The Hall–Kier alpha value is -4.39. The van der Waals surface area contributed by atoms with Gasteiger partial charge in [-0.15, -0.1) is 0 Å². The molecule has 0 saturated heterocycles. The van der Waals surface area contributed by atoms with E-state index < -0.39 is 5.91 Å². The molecule has 0 bridgehead atoms. The zero-order valence-corrected chi connectivity index (χ0v) is 18.1. The molecule has 164 valence electrons. The molecule has 4 aromatic rings. The van der Waals surface area contributed by atoms with Gasteiger partial charge < -0.3 is 15.0 Å². The highest BCUT2D eigenvalue weighted by Crippen LogP contribution is 2.29. The number of amides is 2. The number of nitrogens with zero attached hydrogens (tertiary/aromatic N) is 3. The number of hydrogen-bond donors (Lipinski definition) is 1. The van der Waals surface area contributed by atoms with Gasteiger partial charge in [-0.2, -0.15) is 5.10 Å². The minimum absolute atomic E-state index is 0.0545. The number of aromatic nitrogens is 2. The van der Waals surface area contributed by atoms with Crippen LogP contribution >= 0.6 is 0 Å². The van der Waals surface area contributed by atoms with Crippen LogP contribution in [0, 0.1) is 0 Å². The second-order valence-electron chi connectivity index (χ2n) is 7.69. The molecule has 0 unspecified atom stereocenters. The van der Waals surface area contributed by atoms with Crippen molar-refractivity contribution in [1.29, 1.82) is 0 Å². The van der Waals surface area contributed by atoms with E-state index in [9.17, 15) is 9.59 Å². The Kier molecular flexibility index (Phi) is 5.36. The fourth-order valence-corrected chi connectivity index (χ4v) is 3.97. The standard InChI is InChI=1S/C26H22N4O3/c1-33-23-17-30(21-8-3-2-4-9-21)28-24(23)25(31)27-20-13-11-19(12-14-20)26(32)29-16-15-18-7-5-6-10-22(18)29/h2-14,17H,15-16H2,1H3,(H,27,31). The number of nitrogens with one attached hydrogen (secondary N) is 1. The van der Waals surface area contributed by atoms with Crippen LogP contribution in [0.2, 0.25) is 0 Å². The summed E-state index contributed by atoms with van der Waals surface area (Å²) in [6, 6.07) is 24.3. The molecule has 0 saturated carbocycles.